The van der Waals surface area contributed by atoms with E-state index in [0.29, 0.717) is 24.1 Å². The number of carboxylic acids is 1. The van der Waals surface area contributed by atoms with Crippen LogP contribution in [0.4, 0.5) is 5.69 Å². The summed E-state index contributed by atoms with van der Waals surface area (Å²) >= 11 is 0. The molecule has 0 atom stereocenters. The van der Waals surface area contributed by atoms with Crippen molar-refractivity contribution in [2.45, 2.75) is 51.0 Å². The largest absolute Gasteiger partial charge is 0.480 e. The molecule has 1 fully saturated rings. The van der Waals surface area contributed by atoms with Crippen LogP contribution < -0.4 is 11.1 Å². The number of carbonyl (C=O) groups is 2. The van der Waals surface area contributed by atoms with Crippen molar-refractivity contribution >= 4 is 17.6 Å². The molecule has 5 nitrogen and oxygen atoms in total. The molecule has 2 rings (SSSR count). The second kappa shape index (κ2) is 6.16. The Balaban J connectivity index is 2.39. The fraction of sp³-hybridized carbons (Fsp3) is 0.500. The summed E-state index contributed by atoms with van der Waals surface area (Å²) < 4.78 is 0. The van der Waals surface area contributed by atoms with E-state index in [-0.39, 0.29) is 0 Å². The van der Waals surface area contributed by atoms with Gasteiger partial charge in [-0.3, -0.25) is 4.79 Å². The number of nitrogens with one attached hydrogen (secondary N) is 1. The van der Waals surface area contributed by atoms with Crippen LogP contribution in [0.3, 0.4) is 0 Å². The van der Waals surface area contributed by atoms with E-state index in [4.69, 9.17) is 5.73 Å². The van der Waals surface area contributed by atoms with E-state index in [0.717, 1.165) is 31.2 Å². The van der Waals surface area contributed by atoms with Crippen LogP contribution in [0.2, 0.25) is 0 Å². The molecule has 0 aromatic heterocycles. The zero-order chi connectivity index (χ0) is 15.5. The number of hydrogen-bond acceptors (Lipinski definition) is 3. The van der Waals surface area contributed by atoms with Crippen molar-refractivity contribution in [2.24, 2.45) is 5.73 Å². The monoisotopic (exact) mass is 290 g/mol. The Morgan fingerprint density at radius 2 is 1.81 bits per heavy atom. The molecule has 1 aliphatic rings. The lowest BCUT2D eigenvalue weighted by molar-refractivity contribution is -0.142. The lowest BCUT2D eigenvalue weighted by Gasteiger charge is -2.31. The lowest BCUT2D eigenvalue weighted by atomic mass is 9.89. The predicted octanol–water partition coefficient (Wildman–Crippen LogP) is 2.68. The maximum Gasteiger partial charge on any atom is 0.329 e. The molecule has 5 heteroatoms. The minimum absolute atomic E-state index is 0.338. The Morgan fingerprint density at radius 1 is 1.19 bits per heavy atom. The van der Waals surface area contributed by atoms with E-state index < -0.39 is 17.4 Å². The third-order valence-electron chi connectivity index (χ3n) is 4.18. The van der Waals surface area contributed by atoms with Crippen molar-refractivity contribution in [3.8, 4) is 0 Å². The lowest BCUT2D eigenvalue weighted by Crippen LogP contribution is -2.46. The Kier molecular flexibility index (Phi) is 4.50. The highest BCUT2D eigenvalue weighted by Crippen LogP contribution is 2.32. The van der Waals surface area contributed by atoms with E-state index in [9.17, 15) is 14.7 Å². The normalized spacial score (nSPS) is 17.8. The second-order valence-electron chi connectivity index (χ2n) is 5.84. The van der Waals surface area contributed by atoms with E-state index in [1.807, 2.05) is 6.92 Å². The van der Waals surface area contributed by atoms with E-state index >= 15 is 0 Å². The third-order valence-corrected chi connectivity index (χ3v) is 4.18. The molecule has 1 aliphatic carbocycles. The number of hydrogen-bond donors (Lipinski definition) is 3. The van der Waals surface area contributed by atoms with Gasteiger partial charge in [-0.1, -0.05) is 31.7 Å². The molecular formula is C16H22N2O3. The minimum atomic E-state index is -1.01. The number of primary amides is 1. The molecule has 1 amide bonds. The summed E-state index contributed by atoms with van der Waals surface area (Å²) in [6.45, 7) is 1.90. The molecule has 1 aromatic rings. The van der Waals surface area contributed by atoms with Crippen molar-refractivity contribution in [2.75, 3.05) is 5.32 Å². The van der Waals surface area contributed by atoms with Crippen LogP contribution in [0.25, 0.3) is 0 Å². The second-order valence-corrected chi connectivity index (χ2v) is 5.84. The first-order valence-corrected chi connectivity index (χ1v) is 7.37. The zero-order valence-electron chi connectivity index (χ0n) is 12.3. The molecule has 1 aromatic carbocycles. The number of aryl methyl sites for hydroxylation is 1. The van der Waals surface area contributed by atoms with Gasteiger partial charge in [0.1, 0.15) is 5.54 Å². The van der Waals surface area contributed by atoms with Gasteiger partial charge in [-0.15, -0.1) is 0 Å². The van der Waals surface area contributed by atoms with Gasteiger partial charge in [0.15, 0.2) is 0 Å². The van der Waals surface area contributed by atoms with Gasteiger partial charge in [-0.2, -0.15) is 0 Å². The summed E-state index contributed by atoms with van der Waals surface area (Å²) in [5.74, 6) is -1.41. The molecular weight excluding hydrogens is 268 g/mol. The molecule has 0 unspecified atom stereocenters. The molecule has 1 saturated carbocycles. The number of amides is 1. The molecule has 0 bridgehead atoms. The first kappa shape index (κ1) is 15.4. The zero-order valence-corrected chi connectivity index (χ0v) is 12.3. The summed E-state index contributed by atoms with van der Waals surface area (Å²) in [6, 6.07) is 5.23. The quantitative estimate of drug-likeness (QED) is 0.743. The van der Waals surface area contributed by atoms with Gasteiger partial charge in [-0.25, -0.2) is 4.79 Å². The van der Waals surface area contributed by atoms with Crippen molar-refractivity contribution in [1.29, 1.82) is 0 Å². The Bertz CT molecular complexity index is 546. The standard InChI is InChI=1S/C16H22N2O3/c1-11-6-7-12(14(17)19)13(10-11)18-16(15(20)21)8-4-2-3-5-9-16/h6-7,10,18H,2-5,8-9H2,1H3,(H2,17,19)(H,20,21). The SMILES string of the molecule is Cc1ccc(C(N)=O)c(NC2(C(=O)O)CCCCCC2)c1. The molecule has 0 saturated heterocycles. The first-order chi connectivity index (χ1) is 9.94. The van der Waals surface area contributed by atoms with Crippen molar-refractivity contribution in [3.63, 3.8) is 0 Å². The highest BCUT2D eigenvalue weighted by Gasteiger charge is 2.39. The van der Waals surface area contributed by atoms with Crippen molar-refractivity contribution in [1.82, 2.24) is 0 Å². The van der Waals surface area contributed by atoms with Gasteiger partial charge in [0.2, 0.25) is 0 Å². The number of nitrogens with two attached hydrogens (primary N) is 1. The topological polar surface area (TPSA) is 92.4 Å². The van der Waals surface area contributed by atoms with Crippen LogP contribution in [0, 0.1) is 6.92 Å². The number of aliphatic carboxylic acids is 1. The maximum absolute atomic E-state index is 11.8. The maximum atomic E-state index is 11.8. The fourth-order valence-electron chi connectivity index (χ4n) is 2.96. The van der Waals surface area contributed by atoms with Crippen LogP contribution in [0.15, 0.2) is 18.2 Å². The molecule has 0 heterocycles. The number of rotatable bonds is 4. The minimum Gasteiger partial charge on any atom is -0.480 e. The highest BCUT2D eigenvalue weighted by atomic mass is 16.4. The number of carboxylic acid groups (broad SMARTS) is 1. The van der Waals surface area contributed by atoms with Gasteiger partial charge in [0.25, 0.3) is 5.91 Å². The molecule has 114 valence electrons. The molecule has 0 spiro atoms. The van der Waals surface area contributed by atoms with Crippen LogP contribution in [0.5, 0.6) is 0 Å². The smallest absolute Gasteiger partial charge is 0.329 e. The molecule has 21 heavy (non-hydrogen) atoms. The summed E-state index contributed by atoms with van der Waals surface area (Å²) in [5.41, 5.74) is 6.20. The summed E-state index contributed by atoms with van der Waals surface area (Å²) in [5, 5.41) is 12.8. The van der Waals surface area contributed by atoms with Crippen LogP contribution in [0.1, 0.15) is 54.4 Å². The predicted molar refractivity (Wildman–Crippen MR) is 81.4 cm³/mol. The number of benzene rings is 1. The molecule has 0 radical (unpaired) electrons. The van der Waals surface area contributed by atoms with Crippen LogP contribution >= 0.6 is 0 Å². The Labute approximate surface area is 124 Å². The van der Waals surface area contributed by atoms with Crippen LogP contribution in [-0.2, 0) is 4.79 Å². The summed E-state index contributed by atoms with van der Waals surface area (Å²) in [7, 11) is 0. The average molecular weight is 290 g/mol. The highest BCUT2D eigenvalue weighted by molar-refractivity contribution is 5.99. The number of anilines is 1. The molecule has 4 N–H and O–H groups in total. The number of carbonyl (C=O) groups excluding carboxylic acids is 1. The van der Waals surface area contributed by atoms with Crippen molar-refractivity contribution in [3.05, 3.63) is 29.3 Å². The van der Waals surface area contributed by atoms with Gasteiger partial charge in [-0.05, 0) is 37.5 Å². The molecule has 0 aliphatic heterocycles. The summed E-state index contributed by atoms with van der Waals surface area (Å²) in [6.07, 6.45) is 4.97. The third kappa shape index (κ3) is 3.35. The van der Waals surface area contributed by atoms with Crippen LogP contribution in [-0.4, -0.2) is 22.5 Å². The Morgan fingerprint density at radius 3 is 2.33 bits per heavy atom. The van der Waals surface area contributed by atoms with Gasteiger partial charge >= 0.3 is 5.97 Å². The van der Waals surface area contributed by atoms with E-state index in [1.54, 1.807) is 18.2 Å². The van der Waals surface area contributed by atoms with E-state index in [2.05, 4.69) is 5.32 Å². The van der Waals surface area contributed by atoms with Crippen molar-refractivity contribution < 1.29 is 14.7 Å². The van der Waals surface area contributed by atoms with E-state index in [1.165, 1.54) is 0 Å². The Hall–Kier alpha value is -2.04. The van der Waals surface area contributed by atoms with Gasteiger partial charge < -0.3 is 16.2 Å². The summed E-state index contributed by atoms with van der Waals surface area (Å²) in [4.78, 5) is 23.4. The van der Waals surface area contributed by atoms with Gasteiger partial charge in [0, 0.05) is 5.69 Å². The van der Waals surface area contributed by atoms with Gasteiger partial charge in [0.05, 0.1) is 5.56 Å². The fourth-order valence-corrected chi connectivity index (χ4v) is 2.96. The first-order valence-electron chi connectivity index (χ1n) is 7.37. The average Bonchev–Trinajstić information content (AvgIpc) is 2.65.